The van der Waals surface area contributed by atoms with Gasteiger partial charge in [-0.2, -0.15) is 0 Å². The Kier molecular flexibility index (Phi) is 3.39. The van der Waals surface area contributed by atoms with Crippen LogP contribution in [-0.4, -0.2) is 68.3 Å². The molecule has 3 aliphatic rings. The van der Waals surface area contributed by atoms with Crippen molar-refractivity contribution in [3.8, 4) is 0 Å². The lowest BCUT2D eigenvalue weighted by atomic mass is 9.86. The minimum Gasteiger partial charge on any atom is -0.381 e. The van der Waals surface area contributed by atoms with Gasteiger partial charge < -0.3 is 10.5 Å². The zero-order chi connectivity index (χ0) is 11.7. The van der Waals surface area contributed by atoms with Gasteiger partial charge in [0.05, 0.1) is 6.61 Å². The third-order valence-corrected chi connectivity index (χ3v) is 4.85. The number of rotatable bonds is 3. The second-order valence-electron chi connectivity index (χ2n) is 6.07. The molecule has 0 saturated carbocycles. The van der Waals surface area contributed by atoms with Gasteiger partial charge in [0.25, 0.3) is 0 Å². The molecule has 3 heterocycles. The van der Waals surface area contributed by atoms with Crippen LogP contribution in [0.3, 0.4) is 0 Å². The molecule has 0 bridgehead atoms. The normalized spacial score (nSPS) is 39.7. The van der Waals surface area contributed by atoms with Crippen LogP contribution in [0.2, 0.25) is 0 Å². The molecule has 0 radical (unpaired) electrons. The summed E-state index contributed by atoms with van der Waals surface area (Å²) in [4.78, 5) is 5.30. The van der Waals surface area contributed by atoms with Crippen molar-refractivity contribution in [1.29, 1.82) is 0 Å². The fourth-order valence-electron chi connectivity index (χ4n) is 3.67. The van der Waals surface area contributed by atoms with Gasteiger partial charge in [0.1, 0.15) is 0 Å². The SMILES string of the molecule is NCC1(CN2CCN3CCCC3C2)CCOC1. The van der Waals surface area contributed by atoms with E-state index in [1.807, 2.05) is 0 Å². The number of hydrogen-bond acceptors (Lipinski definition) is 4. The van der Waals surface area contributed by atoms with Crippen LogP contribution in [-0.2, 0) is 4.74 Å². The summed E-state index contributed by atoms with van der Waals surface area (Å²) in [6, 6.07) is 0.820. The highest BCUT2D eigenvalue weighted by Crippen LogP contribution is 2.30. The third kappa shape index (κ3) is 2.36. The summed E-state index contributed by atoms with van der Waals surface area (Å²) in [6.07, 6.45) is 3.93. The van der Waals surface area contributed by atoms with E-state index in [0.717, 1.165) is 38.8 Å². The highest BCUT2D eigenvalue weighted by atomic mass is 16.5. The van der Waals surface area contributed by atoms with Crippen LogP contribution in [0.25, 0.3) is 0 Å². The minimum absolute atomic E-state index is 0.251. The van der Waals surface area contributed by atoms with Gasteiger partial charge in [-0.15, -0.1) is 0 Å². The van der Waals surface area contributed by atoms with Gasteiger partial charge in [-0.05, 0) is 25.8 Å². The highest BCUT2D eigenvalue weighted by molar-refractivity contribution is 4.92. The quantitative estimate of drug-likeness (QED) is 0.760. The third-order valence-electron chi connectivity index (χ3n) is 4.85. The van der Waals surface area contributed by atoms with Crippen molar-refractivity contribution >= 4 is 0 Å². The molecule has 3 aliphatic heterocycles. The molecule has 3 fully saturated rings. The first-order valence-electron chi connectivity index (χ1n) is 7.06. The van der Waals surface area contributed by atoms with E-state index < -0.39 is 0 Å². The molecule has 2 atom stereocenters. The summed E-state index contributed by atoms with van der Waals surface area (Å²) in [5.74, 6) is 0. The second-order valence-corrected chi connectivity index (χ2v) is 6.07. The second kappa shape index (κ2) is 4.84. The van der Waals surface area contributed by atoms with E-state index in [2.05, 4.69) is 9.80 Å². The number of ether oxygens (including phenoxy) is 1. The van der Waals surface area contributed by atoms with Crippen LogP contribution in [0, 0.1) is 5.41 Å². The van der Waals surface area contributed by atoms with E-state index in [4.69, 9.17) is 10.5 Å². The Bertz CT molecular complexity index is 265. The summed E-state index contributed by atoms with van der Waals surface area (Å²) >= 11 is 0. The lowest BCUT2D eigenvalue weighted by Crippen LogP contribution is -2.54. The molecule has 0 amide bonds. The molecule has 0 aromatic rings. The van der Waals surface area contributed by atoms with Gasteiger partial charge in [-0.25, -0.2) is 0 Å². The molecule has 98 valence electrons. The smallest absolute Gasteiger partial charge is 0.0547 e. The molecule has 0 aromatic heterocycles. The molecule has 4 heteroatoms. The first kappa shape index (κ1) is 11.9. The van der Waals surface area contributed by atoms with Crippen molar-refractivity contribution in [3.63, 3.8) is 0 Å². The number of nitrogens with two attached hydrogens (primary N) is 1. The average Bonchev–Trinajstić information content (AvgIpc) is 2.97. The van der Waals surface area contributed by atoms with E-state index in [-0.39, 0.29) is 5.41 Å². The summed E-state index contributed by atoms with van der Waals surface area (Å²) in [6.45, 7) is 8.75. The van der Waals surface area contributed by atoms with Gasteiger partial charge in [-0.1, -0.05) is 0 Å². The first-order chi connectivity index (χ1) is 8.31. The van der Waals surface area contributed by atoms with Crippen molar-refractivity contribution in [3.05, 3.63) is 0 Å². The molecule has 17 heavy (non-hydrogen) atoms. The van der Waals surface area contributed by atoms with Crippen molar-refractivity contribution in [1.82, 2.24) is 9.80 Å². The van der Waals surface area contributed by atoms with E-state index in [0.29, 0.717) is 0 Å². The monoisotopic (exact) mass is 239 g/mol. The number of hydrogen-bond donors (Lipinski definition) is 1. The summed E-state index contributed by atoms with van der Waals surface area (Å²) in [5, 5.41) is 0. The Morgan fingerprint density at radius 1 is 1.29 bits per heavy atom. The molecule has 3 rings (SSSR count). The molecule has 2 N–H and O–H groups in total. The number of nitrogens with zero attached hydrogens (tertiary/aromatic N) is 2. The van der Waals surface area contributed by atoms with E-state index >= 15 is 0 Å². The van der Waals surface area contributed by atoms with Gasteiger partial charge >= 0.3 is 0 Å². The Balaban J connectivity index is 1.58. The summed E-state index contributed by atoms with van der Waals surface area (Å²) in [5.41, 5.74) is 6.23. The van der Waals surface area contributed by atoms with Crippen LogP contribution in [0.5, 0.6) is 0 Å². The molecular formula is C13H25N3O. The van der Waals surface area contributed by atoms with Crippen molar-refractivity contribution in [2.24, 2.45) is 11.1 Å². The molecular weight excluding hydrogens is 214 g/mol. The van der Waals surface area contributed by atoms with E-state index in [9.17, 15) is 0 Å². The maximum Gasteiger partial charge on any atom is 0.0547 e. The van der Waals surface area contributed by atoms with E-state index in [1.54, 1.807) is 0 Å². The van der Waals surface area contributed by atoms with Crippen molar-refractivity contribution < 1.29 is 4.74 Å². The minimum atomic E-state index is 0.251. The van der Waals surface area contributed by atoms with Crippen LogP contribution >= 0.6 is 0 Å². The predicted octanol–water partition coefficient (Wildman–Crippen LogP) is 0.132. The molecule has 0 aliphatic carbocycles. The summed E-state index contributed by atoms with van der Waals surface area (Å²) < 4.78 is 5.56. The zero-order valence-corrected chi connectivity index (χ0v) is 10.7. The number of piperazine rings is 1. The Hall–Kier alpha value is -0.160. The van der Waals surface area contributed by atoms with Crippen LogP contribution in [0.15, 0.2) is 0 Å². The standard InChI is InChI=1S/C13H25N3O/c14-9-13(3-7-17-11-13)10-15-5-6-16-4-1-2-12(16)8-15/h12H,1-11,14H2. The number of fused-ring (bicyclic) bond motifs is 1. The maximum absolute atomic E-state index is 5.98. The van der Waals surface area contributed by atoms with Gasteiger partial charge in [0, 0.05) is 50.8 Å². The molecule has 0 spiro atoms. The Morgan fingerprint density at radius 3 is 3.00 bits per heavy atom. The highest BCUT2D eigenvalue weighted by Gasteiger charge is 2.38. The summed E-state index contributed by atoms with van der Waals surface area (Å²) in [7, 11) is 0. The predicted molar refractivity (Wildman–Crippen MR) is 68.0 cm³/mol. The van der Waals surface area contributed by atoms with E-state index in [1.165, 1.54) is 39.0 Å². The van der Waals surface area contributed by atoms with Crippen LogP contribution in [0.4, 0.5) is 0 Å². The van der Waals surface area contributed by atoms with Crippen LogP contribution in [0.1, 0.15) is 19.3 Å². The average molecular weight is 239 g/mol. The topological polar surface area (TPSA) is 41.7 Å². The fraction of sp³-hybridized carbons (Fsp3) is 1.00. The van der Waals surface area contributed by atoms with Crippen LogP contribution < -0.4 is 5.73 Å². The fourth-order valence-corrected chi connectivity index (χ4v) is 3.67. The van der Waals surface area contributed by atoms with Gasteiger partial charge in [0.15, 0.2) is 0 Å². The largest absolute Gasteiger partial charge is 0.381 e. The lowest BCUT2D eigenvalue weighted by Gasteiger charge is -2.41. The molecule has 2 unspecified atom stereocenters. The van der Waals surface area contributed by atoms with Gasteiger partial charge in [-0.3, -0.25) is 9.80 Å². The lowest BCUT2D eigenvalue weighted by molar-refractivity contribution is 0.0586. The molecule has 0 aromatic carbocycles. The first-order valence-corrected chi connectivity index (χ1v) is 7.06. The van der Waals surface area contributed by atoms with Crippen molar-refractivity contribution in [2.75, 3.05) is 52.5 Å². The zero-order valence-electron chi connectivity index (χ0n) is 10.7. The Morgan fingerprint density at radius 2 is 2.24 bits per heavy atom. The van der Waals surface area contributed by atoms with Crippen molar-refractivity contribution in [2.45, 2.75) is 25.3 Å². The van der Waals surface area contributed by atoms with Gasteiger partial charge in [0.2, 0.25) is 0 Å². The molecule has 3 saturated heterocycles. The Labute approximate surface area is 104 Å². The molecule has 4 nitrogen and oxygen atoms in total. The maximum atomic E-state index is 5.98.